The summed E-state index contributed by atoms with van der Waals surface area (Å²) < 4.78 is 5.82. The van der Waals surface area contributed by atoms with E-state index in [2.05, 4.69) is 6.07 Å². The maximum absolute atomic E-state index is 8.62. The quantitative estimate of drug-likeness (QED) is 0.762. The molecule has 2 aromatic rings. The van der Waals surface area contributed by atoms with Gasteiger partial charge >= 0.3 is 0 Å². The third-order valence-electron chi connectivity index (χ3n) is 2.79. The number of aryl methyl sites for hydroxylation is 1. The summed E-state index contributed by atoms with van der Waals surface area (Å²) >= 11 is 5.92. The molecule has 0 saturated heterocycles. The van der Waals surface area contributed by atoms with E-state index in [1.165, 1.54) is 0 Å². The van der Waals surface area contributed by atoms with E-state index in [-0.39, 0.29) is 0 Å². The van der Waals surface area contributed by atoms with Crippen LogP contribution >= 0.6 is 11.6 Å². The molecule has 19 heavy (non-hydrogen) atoms. The van der Waals surface area contributed by atoms with Crippen LogP contribution in [0.2, 0.25) is 0 Å². The SMILES string of the molecule is Cc1ccc(Oc2ccc(CC#N)cc2)c(CCl)c1. The molecule has 2 nitrogen and oxygen atoms in total. The molecule has 0 bridgehead atoms. The maximum atomic E-state index is 8.62. The molecule has 3 heteroatoms. The van der Waals surface area contributed by atoms with Crippen molar-refractivity contribution in [3.05, 3.63) is 59.2 Å². The number of halogens is 1. The van der Waals surface area contributed by atoms with Gasteiger partial charge in [0.25, 0.3) is 0 Å². The van der Waals surface area contributed by atoms with Crippen LogP contribution in [0.5, 0.6) is 11.5 Å². The lowest BCUT2D eigenvalue weighted by Gasteiger charge is -2.10. The topological polar surface area (TPSA) is 33.0 Å². The van der Waals surface area contributed by atoms with Crippen molar-refractivity contribution in [3.8, 4) is 17.6 Å². The zero-order valence-electron chi connectivity index (χ0n) is 10.7. The molecular weight excluding hydrogens is 258 g/mol. The van der Waals surface area contributed by atoms with Crippen LogP contribution in [-0.4, -0.2) is 0 Å². The van der Waals surface area contributed by atoms with Crippen molar-refractivity contribution in [2.75, 3.05) is 0 Å². The minimum Gasteiger partial charge on any atom is -0.457 e. The molecule has 2 rings (SSSR count). The molecule has 0 unspecified atom stereocenters. The lowest BCUT2D eigenvalue weighted by atomic mass is 10.1. The predicted molar refractivity (Wildman–Crippen MR) is 76.6 cm³/mol. The van der Waals surface area contributed by atoms with E-state index < -0.39 is 0 Å². The first kappa shape index (κ1) is 13.5. The molecule has 0 aliphatic heterocycles. The van der Waals surface area contributed by atoms with Crippen LogP contribution in [0.3, 0.4) is 0 Å². The van der Waals surface area contributed by atoms with E-state index in [9.17, 15) is 0 Å². The Morgan fingerprint density at radius 3 is 2.53 bits per heavy atom. The van der Waals surface area contributed by atoms with E-state index in [4.69, 9.17) is 21.6 Å². The molecule has 0 atom stereocenters. The Hall–Kier alpha value is -1.98. The first-order valence-electron chi connectivity index (χ1n) is 6.02. The zero-order chi connectivity index (χ0) is 13.7. The highest BCUT2D eigenvalue weighted by Gasteiger charge is 2.04. The second kappa shape index (κ2) is 6.26. The summed E-state index contributed by atoms with van der Waals surface area (Å²) in [4.78, 5) is 0. The molecule has 0 N–H and O–H groups in total. The van der Waals surface area contributed by atoms with Crippen LogP contribution in [0.15, 0.2) is 42.5 Å². The highest BCUT2D eigenvalue weighted by molar-refractivity contribution is 6.17. The van der Waals surface area contributed by atoms with Gasteiger partial charge in [0.2, 0.25) is 0 Å². The van der Waals surface area contributed by atoms with Gasteiger partial charge in [0.05, 0.1) is 18.4 Å². The molecule has 0 aliphatic carbocycles. The number of hydrogen-bond donors (Lipinski definition) is 0. The first-order chi connectivity index (χ1) is 9.22. The van der Waals surface area contributed by atoms with E-state index in [1.807, 2.05) is 49.4 Å². The number of alkyl halides is 1. The fourth-order valence-electron chi connectivity index (χ4n) is 1.81. The molecule has 0 amide bonds. The molecule has 0 heterocycles. The average Bonchev–Trinajstić information content (AvgIpc) is 2.43. The van der Waals surface area contributed by atoms with Crippen LogP contribution < -0.4 is 4.74 Å². The summed E-state index contributed by atoms with van der Waals surface area (Å²) in [6.45, 7) is 2.02. The lowest BCUT2D eigenvalue weighted by Crippen LogP contribution is -1.91. The Labute approximate surface area is 118 Å². The minimum atomic E-state index is 0.414. The number of hydrogen-bond acceptors (Lipinski definition) is 2. The summed E-state index contributed by atoms with van der Waals surface area (Å²) in [7, 11) is 0. The van der Waals surface area contributed by atoms with Gasteiger partial charge in [-0.1, -0.05) is 29.8 Å². The number of benzene rings is 2. The van der Waals surface area contributed by atoms with E-state index >= 15 is 0 Å². The molecule has 0 aliphatic rings. The fraction of sp³-hybridized carbons (Fsp3) is 0.188. The Morgan fingerprint density at radius 2 is 1.89 bits per heavy atom. The van der Waals surface area contributed by atoms with Gasteiger partial charge in [-0.05, 0) is 30.7 Å². The molecule has 0 fully saturated rings. The Bertz CT molecular complexity index is 599. The maximum Gasteiger partial charge on any atom is 0.131 e. The third-order valence-corrected chi connectivity index (χ3v) is 3.08. The van der Waals surface area contributed by atoms with Crippen LogP contribution in [0.4, 0.5) is 0 Å². The van der Waals surface area contributed by atoms with Crippen molar-refractivity contribution in [1.82, 2.24) is 0 Å². The third kappa shape index (κ3) is 3.49. The molecule has 0 radical (unpaired) electrons. The summed E-state index contributed by atoms with van der Waals surface area (Å²) in [5, 5.41) is 8.62. The Morgan fingerprint density at radius 1 is 1.16 bits per heavy atom. The smallest absolute Gasteiger partial charge is 0.131 e. The minimum absolute atomic E-state index is 0.414. The van der Waals surface area contributed by atoms with Crippen molar-refractivity contribution in [3.63, 3.8) is 0 Å². The van der Waals surface area contributed by atoms with E-state index in [0.29, 0.717) is 12.3 Å². The van der Waals surface area contributed by atoms with Crippen LogP contribution in [0.25, 0.3) is 0 Å². The molecule has 0 spiro atoms. The average molecular weight is 272 g/mol. The van der Waals surface area contributed by atoms with Crippen LogP contribution in [0, 0.1) is 18.3 Å². The highest BCUT2D eigenvalue weighted by atomic mass is 35.5. The summed E-state index contributed by atoms with van der Waals surface area (Å²) in [6, 6.07) is 15.6. The van der Waals surface area contributed by atoms with Crippen molar-refractivity contribution in [1.29, 1.82) is 5.26 Å². The highest BCUT2D eigenvalue weighted by Crippen LogP contribution is 2.27. The van der Waals surface area contributed by atoms with Gasteiger partial charge in [-0.3, -0.25) is 0 Å². The zero-order valence-corrected chi connectivity index (χ0v) is 11.4. The first-order valence-corrected chi connectivity index (χ1v) is 6.55. The molecule has 2 aromatic carbocycles. The lowest BCUT2D eigenvalue weighted by molar-refractivity contribution is 0.478. The van der Waals surface area contributed by atoms with Gasteiger partial charge < -0.3 is 4.74 Å². The van der Waals surface area contributed by atoms with Gasteiger partial charge in [-0.25, -0.2) is 0 Å². The largest absolute Gasteiger partial charge is 0.457 e. The van der Waals surface area contributed by atoms with Gasteiger partial charge in [0, 0.05) is 5.56 Å². The van der Waals surface area contributed by atoms with E-state index in [1.54, 1.807) is 0 Å². The van der Waals surface area contributed by atoms with Crippen LogP contribution in [0.1, 0.15) is 16.7 Å². The van der Waals surface area contributed by atoms with Gasteiger partial charge in [0.15, 0.2) is 0 Å². The summed E-state index contributed by atoms with van der Waals surface area (Å²) in [5.74, 6) is 1.94. The van der Waals surface area contributed by atoms with Gasteiger partial charge in [-0.2, -0.15) is 5.26 Å². The number of nitriles is 1. The second-order valence-corrected chi connectivity index (χ2v) is 4.59. The Kier molecular flexibility index (Phi) is 4.43. The Balaban J connectivity index is 2.19. The molecular formula is C16H14ClNO. The van der Waals surface area contributed by atoms with Gasteiger partial charge in [0.1, 0.15) is 11.5 Å². The normalized spacial score (nSPS) is 9.95. The van der Waals surface area contributed by atoms with Crippen molar-refractivity contribution >= 4 is 11.6 Å². The summed E-state index contributed by atoms with van der Waals surface area (Å²) in [6.07, 6.45) is 0.414. The standard InChI is InChI=1S/C16H14ClNO/c1-12-2-7-16(14(10-12)11-17)19-15-5-3-13(4-6-15)8-9-18/h2-7,10H,8,11H2,1H3. The number of ether oxygens (including phenoxy) is 1. The van der Waals surface area contributed by atoms with Crippen molar-refractivity contribution < 1.29 is 4.74 Å². The van der Waals surface area contributed by atoms with E-state index in [0.717, 1.165) is 28.2 Å². The fourth-order valence-corrected chi connectivity index (χ4v) is 2.01. The monoisotopic (exact) mass is 271 g/mol. The summed E-state index contributed by atoms with van der Waals surface area (Å²) in [5.41, 5.74) is 3.12. The molecule has 0 saturated carbocycles. The van der Waals surface area contributed by atoms with Crippen molar-refractivity contribution in [2.45, 2.75) is 19.2 Å². The van der Waals surface area contributed by atoms with Crippen LogP contribution in [-0.2, 0) is 12.3 Å². The molecule has 0 aromatic heterocycles. The predicted octanol–water partition coefficient (Wildman–Crippen LogP) is 4.59. The van der Waals surface area contributed by atoms with Gasteiger partial charge in [-0.15, -0.1) is 11.6 Å². The molecule has 96 valence electrons. The second-order valence-electron chi connectivity index (χ2n) is 4.33. The van der Waals surface area contributed by atoms with Crippen molar-refractivity contribution in [2.24, 2.45) is 0 Å². The number of rotatable bonds is 4. The number of nitrogens with zero attached hydrogens (tertiary/aromatic N) is 1.